The molecule has 0 radical (unpaired) electrons. The van der Waals surface area contributed by atoms with Crippen molar-refractivity contribution in [3.05, 3.63) is 70.7 Å². The van der Waals surface area contributed by atoms with E-state index in [2.05, 4.69) is 4.98 Å². The van der Waals surface area contributed by atoms with E-state index < -0.39 is 10.0 Å². The lowest BCUT2D eigenvalue weighted by molar-refractivity contribution is -0.122. The first kappa shape index (κ1) is 22.6. The van der Waals surface area contributed by atoms with E-state index in [9.17, 15) is 13.2 Å². The third kappa shape index (κ3) is 4.48. The van der Waals surface area contributed by atoms with E-state index in [1.54, 1.807) is 11.0 Å². The zero-order chi connectivity index (χ0) is 22.9. The van der Waals surface area contributed by atoms with E-state index in [0.29, 0.717) is 36.0 Å². The van der Waals surface area contributed by atoms with Gasteiger partial charge in [-0.2, -0.15) is 4.31 Å². The Morgan fingerprint density at radius 2 is 1.75 bits per heavy atom. The highest BCUT2D eigenvalue weighted by molar-refractivity contribution is 7.89. The number of hydrogen-bond donors (Lipinski definition) is 0. The number of sulfonamides is 1. The molecular formula is C24H27N3O3S2. The summed E-state index contributed by atoms with van der Waals surface area (Å²) in [4.78, 5) is 20.1. The molecule has 0 atom stereocenters. The Morgan fingerprint density at radius 3 is 2.34 bits per heavy atom. The number of piperidine rings is 1. The topological polar surface area (TPSA) is 70.6 Å². The summed E-state index contributed by atoms with van der Waals surface area (Å²) in [5, 5.41) is 2.57. The maximum atomic E-state index is 13.6. The lowest BCUT2D eigenvalue weighted by Gasteiger charge is -2.33. The molecule has 0 aliphatic carbocycles. The maximum absolute atomic E-state index is 13.6. The van der Waals surface area contributed by atoms with Crippen LogP contribution in [0.5, 0.6) is 0 Å². The molecule has 8 heteroatoms. The highest BCUT2D eigenvalue weighted by Crippen LogP contribution is 2.33. The van der Waals surface area contributed by atoms with Crippen LogP contribution in [-0.2, 0) is 14.8 Å². The molecule has 4 rings (SSSR count). The molecule has 168 valence electrons. The Bertz CT molecular complexity index is 1210. The number of carbonyl (C=O) groups excluding carboxylic acids is 1. The van der Waals surface area contributed by atoms with Crippen LogP contribution in [0, 0.1) is 26.7 Å². The quantitative estimate of drug-likeness (QED) is 0.536. The van der Waals surface area contributed by atoms with Crippen molar-refractivity contribution in [3.8, 4) is 0 Å². The summed E-state index contributed by atoms with van der Waals surface area (Å²) in [6.07, 6.45) is 0.966. The lowest BCUT2D eigenvalue weighted by atomic mass is 9.96. The number of aryl methyl sites for hydroxylation is 3. The second-order valence-electron chi connectivity index (χ2n) is 8.23. The minimum atomic E-state index is -3.58. The van der Waals surface area contributed by atoms with Gasteiger partial charge in [0.2, 0.25) is 15.9 Å². The summed E-state index contributed by atoms with van der Waals surface area (Å²) >= 11 is 1.44. The van der Waals surface area contributed by atoms with Gasteiger partial charge in [-0.15, -0.1) is 11.3 Å². The molecule has 1 amide bonds. The van der Waals surface area contributed by atoms with Gasteiger partial charge in [0.25, 0.3) is 0 Å². The first-order valence-electron chi connectivity index (χ1n) is 10.7. The van der Waals surface area contributed by atoms with Crippen LogP contribution in [0.4, 0.5) is 10.8 Å². The first-order chi connectivity index (χ1) is 15.3. The zero-order valence-corrected chi connectivity index (χ0v) is 20.1. The fourth-order valence-corrected chi connectivity index (χ4v) is 6.61. The van der Waals surface area contributed by atoms with Crippen molar-refractivity contribution in [2.45, 2.75) is 38.5 Å². The SMILES string of the molecule is Cc1ccc(S(=O)(=O)N2CCC(C(=O)N(c3ccccc3)c3nc(C)cs3)CC2)c(C)c1. The Balaban J connectivity index is 1.53. The number of nitrogens with zero attached hydrogens (tertiary/aromatic N) is 3. The van der Waals surface area contributed by atoms with Gasteiger partial charge in [0.1, 0.15) is 0 Å². The number of benzene rings is 2. The van der Waals surface area contributed by atoms with E-state index in [-0.39, 0.29) is 11.8 Å². The van der Waals surface area contributed by atoms with Crippen LogP contribution in [-0.4, -0.2) is 36.7 Å². The van der Waals surface area contributed by atoms with Crippen LogP contribution >= 0.6 is 11.3 Å². The minimum Gasteiger partial charge on any atom is -0.274 e. The molecular weight excluding hydrogens is 442 g/mol. The van der Waals surface area contributed by atoms with Gasteiger partial charge in [0.05, 0.1) is 16.3 Å². The summed E-state index contributed by atoms with van der Waals surface area (Å²) in [5.41, 5.74) is 3.42. The Kier molecular flexibility index (Phi) is 6.46. The zero-order valence-electron chi connectivity index (χ0n) is 18.5. The fourth-order valence-electron chi connectivity index (χ4n) is 4.11. The van der Waals surface area contributed by atoms with Crippen molar-refractivity contribution >= 4 is 38.1 Å². The van der Waals surface area contributed by atoms with Crippen LogP contribution in [0.1, 0.15) is 29.7 Å². The van der Waals surface area contributed by atoms with Crippen molar-refractivity contribution in [1.29, 1.82) is 0 Å². The Hall–Kier alpha value is -2.55. The Morgan fingerprint density at radius 1 is 1.06 bits per heavy atom. The van der Waals surface area contributed by atoms with Gasteiger partial charge in [-0.25, -0.2) is 13.4 Å². The first-order valence-corrected chi connectivity index (χ1v) is 13.0. The number of hydrogen-bond acceptors (Lipinski definition) is 5. The molecule has 1 saturated heterocycles. The predicted molar refractivity (Wildman–Crippen MR) is 128 cm³/mol. The van der Waals surface area contributed by atoms with Gasteiger partial charge in [-0.3, -0.25) is 9.69 Å². The number of para-hydroxylation sites is 1. The molecule has 0 saturated carbocycles. The molecule has 0 N–H and O–H groups in total. The number of rotatable bonds is 5. The monoisotopic (exact) mass is 469 g/mol. The summed E-state index contributed by atoms with van der Waals surface area (Å²) in [6.45, 7) is 6.33. The van der Waals surface area contributed by atoms with Crippen molar-refractivity contribution in [1.82, 2.24) is 9.29 Å². The van der Waals surface area contributed by atoms with Gasteiger partial charge >= 0.3 is 0 Å². The van der Waals surface area contributed by atoms with Gasteiger partial charge in [-0.05, 0) is 57.4 Å². The fraction of sp³-hybridized carbons (Fsp3) is 0.333. The van der Waals surface area contributed by atoms with Gasteiger partial charge < -0.3 is 0 Å². The lowest BCUT2D eigenvalue weighted by Crippen LogP contribution is -2.43. The molecule has 1 aliphatic heterocycles. The van der Waals surface area contributed by atoms with Crippen molar-refractivity contribution < 1.29 is 13.2 Å². The molecule has 1 aromatic heterocycles. The molecule has 1 aliphatic rings. The van der Waals surface area contributed by atoms with Crippen molar-refractivity contribution in [2.24, 2.45) is 5.92 Å². The molecule has 6 nitrogen and oxygen atoms in total. The maximum Gasteiger partial charge on any atom is 0.243 e. The van der Waals surface area contributed by atoms with Crippen molar-refractivity contribution in [3.63, 3.8) is 0 Å². The second-order valence-corrected chi connectivity index (χ2v) is 11.0. The second kappa shape index (κ2) is 9.13. The number of amides is 1. The number of anilines is 2. The summed E-state index contributed by atoms with van der Waals surface area (Å²) in [6, 6.07) is 14.9. The van der Waals surface area contributed by atoms with E-state index in [0.717, 1.165) is 22.5 Å². The molecule has 1 fully saturated rings. The Labute approximate surface area is 193 Å². The molecule has 3 aromatic rings. The molecule has 2 heterocycles. The van der Waals surface area contributed by atoms with E-state index in [1.165, 1.54) is 15.6 Å². The van der Waals surface area contributed by atoms with Gasteiger partial charge in [-0.1, -0.05) is 35.9 Å². The third-order valence-corrected chi connectivity index (χ3v) is 8.79. The number of thiazole rings is 1. The van der Waals surface area contributed by atoms with Crippen molar-refractivity contribution in [2.75, 3.05) is 18.0 Å². The highest BCUT2D eigenvalue weighted by Gasteiger charge is 2.35. The highest BCUT2D eigenvalue weighted by atomic mass is 32.2. The summed E-state index contributed by atoms with van der Waals surface area (Å²) < 4.78 is 27.9. The molecule has 0 unspecified atom stereocenters. The molecule has 32 heavy (non-hydrogen) atoms. The largest absolute Gasteiger partial charge is 0.274 e. The predicted octanol–water partition coefficient (Wildman–Crippen LogP) is 4.83. The number of carbonyl (C=O) groups is 1. The van der Waals surface area contributed by atoms with Gasteiger partial charge in [0.15, 0.2) is 5.13 Å². The van der Waals surface area contributed by atoms with Crippen LogP contribution in [0.15, 0.2) is 58.8 Å². The van der Waals surface area contributed by atoms with E-state index in [4.69, 9.17) is 0 Å². The third-order valence-electron chi connectivity index (χ3n) is 5.78. The average Bonchev–Trinajstić information content (AvgIpc) is 3.20. The van der Waals surface area contributed by atoms with Crippen LogP contribution in [0.2, 0.25) is 0 Å². The average molecular weight is 470 g/mol. The van der Waals surface area contributed by atoms with Crippen LogP contribution in [0.25, 0.3) is 0 Å². The molecule has 2 aromatic carbocycles. The smallest absolute Gasteiger partial charge is 0.243 e. The summed E-state index contributed by atoms with van der Waals surface area (Å²) in [7, 11) is -3.58. The van der Waals surface area contributed by atoms with Crippen LogP contribution < -0.4 is 4.90 Å². The molecule has 0 spiro atoms. The van der Waals surface area contributed by atoms with Crippen LogP contribution in [0.3, 0.4) is 0 Å². The minimum absolute atomic E-state index is 0.0332. The van der Waals surface area contributed by atoms with E-state index in [1.807, 2.05) is 68.6 Å². The standard InChI is InChI=1S/C24H27N3O3S2/c1-17-9-10-22(18(2)15-17)32(29,30)26-13-11-20(12-14-26)23(28)27(21-7-5-4-6-8-21)24-25-19(3)16-31-24/h4-10,15-16,20H,11-14H2,1-3H3. The molecule has 0 bridgehead atoms. The van der Waals surface area contributed by atoms with E-state index >= 15 is 0 Å². The number of aromatic nitrogens is 1. The summed E-state index contributed by atoms with van der Waals surface area (Å²) in [5.74, 6) is -0.293. The van der Waals surface area contributed by atoms with Gasteiger partial charge in [0, 0.05) is 24.4 Å². The normalized spacial score (nSPS) is 15.6.